The van der Waals surface area contributed by atoms with Crippen LogP contribution in [0.1, 0.15) is 54.7 Å². The van der Waals surface area contributed by atoms with Gasteiger partial charge in [-0.15, -0.1) is 0 Å². The van der Waals surface area contributed by atoms with Crippen LogP contribution in [0.15, 0.2) is 48.8 Å². The summed E-state index contributed by atoms with van der Waals surface area (Å²) in [5.41, 5.74) is 6.21. The van der Waals surface area contributed by atoms with Gasteiger partial charge in [0.2, 0.25) is 5.88 Å². The van der Waals surface area contributed by atoms with Crippen LogP contribution in [0, 0.1) is 28.6 Å². The zero-order valence-electron chi connectivity index (χ0n) is 26.2. The third-order valence-electron chi connectivity index (χ3n) is 11.2. The standard InChI is InChI=1S/C37H36F2N6O2/c1-22(38)36(46)45-13-12-43(20-27(45)8-10-40)34-29-7-6-23(28-5-2-4-24-14-25-15-30(25)33(24)28)16-32(29)42-35(31(34)18-41)47-21-37-9-3-11-44(37)19-26(39)17-37/h2,4-7,16,25-27,30H,1,3,8-9,11-15,17,19-21H2/t25?,26-,27+,30?,37?/m1/s1. The normalized spacial score (nSPS) is 27.6. The lowest BCUT2D eigenvalue weighted by atomic mass is 9.93. The molecular weight excluding hydrogens is 598 g/mol. The van der Waals surface area contributed by atoms with Gasteiger partial charge in [0, 0.05) is 38.0 Å². The van der Waals surface area contributed by atoms with Crippen LogP contribution in [0.25, 0.3) is 22.0 Å². The van der Waals surface area contributed by atoms with Crippen LogP contribution >= 0.6 is 0 Å². The maximum Gasteiger partial charge on any atom is 0.282 e. The number of rotatable bonds is 7. The van der Waals surface area contributed by atoms with Gasteiger partial charge in [-0.25, -0.2) is 13.8 Å². The molecule has 8 rings (SSSR count). The Labute approximate surface area is 272 Å². The van der Waals surface area contributed by atoms with Crippen molar-refractivity contribution in [3.05, 3.63) is 65.5 Å². The van der Waals surface area contributed by atoms with Crippen molar-refractivity contribution in [3.63, 3.8) is 0 Å². The van der Waals surface area contributed by atoms with E-state index in [2.05, 4.69) is 53.9 Å². The molecular formula is C37H36F2N6O2. The number of ether oxygens (including phenoxy) is 1. The van der Waals surface area contributed by atoms with Gasteiger partial charge in [-0.1, -0.05) is 36.9 Å². The van der Waals surface area contributed by atoms with E-state index in [0.29, 0.717) is 36.6 Å². The van der Waals surface area contributed by atoms with Gasteiger partial charge >= 0.3 is 0 Å². The lowest BCUT2D eigenvalue weighted by Crippen LogP contribution is -2.55. The molecule has 0 radical (unpaired) electrons. The van der Waals surface area contributed by atoms with Crippen molar-refractivity contribution in [2.75, 3.05) is 44.2 Å². The molecule has 0 bridgehead atoms. The molecule has 3 aliphatic heterocycles. The van der Waals surface area contributed by atoms with Crippen LogP contribution in [0.4, 0.5) is 14.5 Å². The summed E-state index contributed by atoms with van der Waals surface area (Å²) >= 11 is 0. The lowest BCUT2D eigenvalue weighted by Gasteiger charge is -2.42. The van der Waals surface area contributed by atoms with Crippen molar-refractivity contribution >= 4 is 22.5 Å². The summed E-state index contributed by atoms with van der Waals surface area (Å²) < 4.78 is 35.0. The topological polar surface area (TPSA) is 96.5 Å². The molecule has 3 unspecified atom stereocenters. The number of halogens is 2. The van der Waals surface area contributed by atoms with E-state index in [1.807, 2.05) is 11.0 Å². The molecule has 5 aliphatic rings. The molecule has 47 heavy (non-hydrogen) atoms. The number of nitriles is 2. The Morgan fingerprint density at radius 1 is 1.17 bits per heavy atom. The molecule has 4 heterocycles. The Morgan fingerprint density at radius 3 is 2.85 bits per heavy atom. The van der Waals surface area contributed by atoms with Crippen LogP contribution in [-0.2, 0) is 11.2 Å². The van der Waals surface area contributed by atoms with Crippen molar-refractivity contribution in [2.45, 2.75) is 62.2 Å². The molecule has 2 aromatic carbocycles. The predicted octanol–water partition coefficient (Wildman–Crippen LogP) is 5.80. The summed E-state index contributed by atoms with van der Waals surface area (Å²) in [6.45, 7) is 5.32. The van der Waals surface area contributed by atoms with Gasteiger partial charge in [0.05, 0.1) is 35.3 Å². The van der Waals surface area contributed by atoms with E-state index in [-0.39, 0.29) is 37.6 Å². The summed E-state index contributed by atoms with van der Waals surface area (Å²) in [5, 5.41) is 21.0. The summed E-state index contributed by atoms with van der Waals surface area (Å²) in [7, 11) is 0. The average molecular weight is 635 g/mol. The maximum atomic E-state index is 14.6. The minimum Gasteiger partial charge on any atom is -0.475 e. The molecule has 0 N–H and O–H groups in total. The first kappa shape index (κ1) is 29.8. The molecule has 4 fully saturated rings. The van der Waals surface area contributed by atoms with E-state index >= 15 is 0 Å². The van der Waals surface area contributed by atoms with Gasteiger partial charge in [0.1, 0.15) is 24.4 Å². The molecule has 3 aromatic rings. The average Bonchev–Trinajstić information content (AvgIpc) is 3.39. The molecule has 5 atom stereocenters. The number of nitrogens with zero attached hydrogens (tertiary/aromatic N) is 6. The van der Waals surface area contributed by atoms with Gasteiger partial charge in [-0.2, -0.15) is 10.5 Å². The van der Waals surface area contributed by atoms with Gasteiger partial charge in [0.15, 0.2) is 5.83 Å². The molecule has 8 nitrogen and oxygen atoms in total. The highest BCUT2D eigenvalue weighted by molar-refractivity contribution is 5.98. The van der Waals surface area contributed by atoms with Gasteiger partial charge in [-0.3, -0.25) is 9.69 Å². The van der Waals surface area contributed by atoms with Crippen LogP contribution < -0.4 is 9.64 Å². The fourth-order valence-electron chi connectivity index (χ4n) is 8.93. The highest BCUT2D eigenvalue weighted by atomic mass is 19.1. The third-order valence-corrected chi connectivity index (χ3v) is 11.2. The molecule has 1 saturated carbocycles. The van der Waals surface area contributed by atoms with Crippen molar-refractivity contribution in [2.24, 2.45) is 5.92 Å². The van der Waals surface area contributed by atoms with Crippen LogP contribution in [0.3, 0.4) is 0 Å². The van der Waals surface area contributed by atoms with Crippen molar-refractivity contribution in [1.82, 2.24) is 14.8 Å². The van der Waals surface area contributed by atoms with Crippen molar-refractivity contribution < 1.29 is 18.3 Å². The van der Waals surface area contributed by atoms with Gasteiger partial charge in [0.25, 0.3) is 5.91 Å². The number of anilines is 1. The van der Waals surface area contributed by atoms with Crippen LogP contribution in [0.2, 0.25) is 0 Å². The van der Waals surface area contributed by atoms with Gasteiger partial charge in [-0.05, 0) is 72.4 Å². The first-order chi connectivity index (χ1) is 22.8. The fourth-order valence-corrected chi connectivity index (χ4v) is 8.93. The lowest BCUT2D eigenvalue weighted by molar-refractivity contribution is -0.131. The Hall–Kier alpha value is -4.54. The summed E-state index contributed by atoms with van der Waals surface area (Å²) in [4.78, 5) is 23.1. The summed E-state index contributed by atoms with van der Waals surface area (Å²) in [6.07, 6.45) is 3.64. The smallest absolute Gasteiger partial charge is 0.282 e. The maximum absolute atomic E-state index is 14.6. The van der Waals surface area contributed by atoms with E-state index < -0.39 is 29.5 Å². The second-order valence-corrected chi connectivity index (χ2v) is 13.9. The molecule has 0 spiro atoms. The Morgan fingerprint density at radius 2 is 2.04 bits per heavy atom. The summed E-state index contributed by atoms with van der Waals surface area (Å²) in [5.74, 6) is -0.343. The number of hydrogen-bond acceptors (Lipinski definition) is 7. The molecule has 3 saturated heterocycles. The number of fused-ring (bicyclic) bond motifs is 5. The minimum absolute atomic E-state index is 0.00203. The molecule has 2 aliphatic carbocycles. The van der Waals surface area contributed by atoms with Crippen LogP contribution in [-0.4, -0.2) is 77.8 Å². The quantitative estimate of drug-likeness (QED) is 0.303. The molecule has 240 valence electrons. The number of carbonyl (C=O) groups excluding carboxylic acids is 1. The number of hydrogen-bond donors (Lipinski definition) is 0. The highest BCUT2D eigenvalue weighted by Gasteiger charge is 2.50. The SMILES string of the molecule is C=C(F)C(=O)N1CCN(c2c(C#N)c(OCC34CCCN3C[C@H](F)C4)nc3cc(-c4cccc5c4C4CC4C5)ccc23)C[C@@H]1CC#N. The number of piperazine rings is 1. The fraction of sp³-hybridized carbons (Fsp3) is 0.459. The largest absolute Gasteiger partial charge is 0.475 e. The first-order valence-electron chi connectivity index (χ1n) is 16.6. The number of alkyl halides is 1. The number of carbonyl (C=O) groups is 1. The van der Waals surface area contributed by atoms with Gasteiger partial charge < -0.3 is 14.5 Å². The Kier molecular flexibility index (Phi) is 7.18. The summed E-state index contributed by atoms with van der Waals surface area (Å²) in [6, 6.07) is 16.5. The second kappa shape index (κ2) is 11.3. The van der Waals surface area contributed by atoms with Crippen LogP contribution in [0.5, 0.6) is 5.88 Å². The van der Waals surface area contributed by atoms with Crippen molar-refractivity contribution in [1.29, 1.82) is 10.5 Å². The highest BCUT2D eigenvalue weighted by Crippen LogP contribution is 2.58. The second-order valence-electron chi connectivity index (χ2n) is 13.9. The number of aromatic nitrogens is 1. The Bertz CT molecular complexity index is 1900. The van der Waals surface area contributed by atoms with E-state index in [1.54, 1.807) is 0 Å². The van der Waals surface area contributed by atoms with E-state index in [4.69, 9.17) is 9.72 Å². The molecule has 10 heteroatoms. The number of benzene rings is 2. The predicted molar refractivity (Wildman–Crippen MR) is 173 cm³/mol. The molecule has 1 aromatic heterocycles. The number of amides is 1. The van der Waals surface area contributed by atoms with E-state index in [9.17, 15) is 24.1 Å². The van der Waals surface area contributed by atoms with E-state index in [1.165, 1.54) is 28.0 Å². The number of pyridine rings is 1. The zero-order chi connectivity index (χ0) is 32.4. The third kappa shape index (κ3) is 4.93. The monoisotopic (exact) mass is 634 g/mol. The minimum atomic E-state index is -1.07. The zero-order valence-corrected chi connectivity index (χ0v) is 26.2. The molecule has 1 amide bonds. The van der Waals surface area contributed by atoms with E-state index in [0.717, 1.165) is 42.7 Å². The first-order valence-corrected chi connectivity index (χ1v) is 16.6. The Balaban J connectivity index is 1.22. The van der Waals surface area contributed by atoms with Crippen molar-refractivity contribution in [3.8, 4) is 29.1 Å².